The summed E-state index contributed by atoms with van der Waals surface area (Å²) >= 11 is 3.46. The number of fused-ring (bicyclic) bond motifs is 1. The summed E-state index contributed by atoms with van der Waals surface area (Å²) in [6, 6.07) is 3.86. The van der Waals surface area contributed by atoms with E-state index in [0.717, 1.165) is 48.7 Å². The molecular weight excluding hydrogens is 384 g/mol. The number of aromatic nitrogens is 3. The molecule has 0 bridgehead atoms. The Morgan fingerprint density at radius 2 is 2.00 bits per heavy atom. The molecule has 0 aromatic carbocycles. The van der Waals surface area contributed by atoms with Crippen LogP contribution in [0.25, 0.3) is 5.65 Å². The summed E-state index contributed by atoms with van der Waals surface area (Å²) < 4.78 is 2.62. The average Bonchev–Trinajstić information content (AvgIpc) is 2.99. The number of piperazine rings is 1. The highest BCUT2D eigenvalue weighted by Crippen LogP contribution is 2.18. The van der Waals surface area contributed by atoms with E-state index in [1.165, 1.54) is 0 Å². The highest BCUT2D eigenvalue weighted by atomic mass is 79.9. The molecule has 7 nitrogen and oxygen atoms in total. The van der Waals surface area contributed by atoms with Crippen molar-refractivity contribution in [3.05, 3.63) is 22.9 Å². The molecule has 1 unspecified atom stereocenters. The monoisotopic (exact) mass is 408 g/mol. The van der Waals surface area contributed by atoms with Gasteiger partial charge in [-0.3, -0.25) is 4.79 Å². The lowest BCUT2D eigenvalue weighted by atomic mass is 10.0. The van der Waals surface area contributed by atoms with Crippen molar-refractivity contribution in [1.82, 2.24) is 24.8 Å². The van der Waals surface area contributed by atoms with Gasteiger partial charge in [0, 0.05) is 26.2 Å². The van der Waals surface area contributed by atoms with Crippen LogP contribution in [0.15, 0.2) is 22.9 Å². The van der Waals surface area contributed by atoms with Crippen LogP contribution in [0.5, 0.6) is 0 Å². The van der Waals surface area contributed by atoms with Gasteiger partial charge in [-0.1, -0.05) is 13.8 Å². The minimum atomic E-state index is -0.0945. The maximum absolute atomic E-state index is 12.7. The topological polar surface area (TPSA) is 65.8 Å². The number of carbonyl (C=O) groups is 1. The molecule has 136 valence electrons. The van der Waals surface area contributed by atoms with Crippen LogP contribution in [0.1, 0.15) is 20.3 Å². The van der Waals surface area contributed by atoms with Crippen molar-refractivity contribution in [2.24, 2.45) is 5.92 Å². The fourth-order valence-corrected chi connectivity index (χ4v) is 3.56. The Balaban J connectivity index is 1.64. The molecule has 3 heterocycles. The lowest BCUT2D eigenvalue weighted by Gasteiger charge is -2.37. The van der Waals surface area contributed by atoms with Gasteiger partial charge in [-0.2, -0.15) is 0 Å². The predicted molar refractivity (Wildman–Crippen MR) is 102 cm³/mol. The molecule has 0 spiro atoms. The number of anilines is 1. The molecule has 1 atom stereocenters. The van der Waals surface area contributed by atoms with Crippen molar-refractivity contribution in [2.45, 2.75) is 26.3 Å². The predicted octanol–water partition coefficient (Wildman–Crippen LogP) is 1.77. The molecule has 1 N–H and O–H groups in total. The number of carbonyl (C=O) groups excluding carboxylic acids is 1. The number of imidazole rings is 1. The van der Waals surface area contributed by atoms with Gasteiger partial charge < -0.3 is 15.1 Å². The summed E-state index contributed by atoms with van der Waals surface area (Å²) in [6.07, 6.45) is 2.61. The van der Waals surface area contributed by atoms with Gasteiger partial charge in [-0.15, -0.1) is 5.10 Å². The minimum absolute atomic E-state index is 0.0945. The first kappa shape index (κ1) is 18.1. The van der Waals surface area contributed by atoms with E-state index < -0.39 is 0 Å². The summed E-state index contributed by atoms with van der Waals surface area (Å²) in [5, 5.41) is 7.80. The van der Waals surface area contributed by atoms with Crippen LogP contribution in [-0.4, -0.2) is 64.7 Å². The second kappa shape index (κ2) is 7.70. The summed E-state index contributed by atoms with van der Waals surface area (Å²) in [4.78, 5) is 21.1. The van der Waals surface area contributed by atoms with Crippen LogP contribution < -0.4 is 10.2 Å². The summed E-state index contributed by atoms with van der Waals surface area (Å²) in [5.41, 5.74) is 0.815. The Bertz CT molecular complexity index is 738. The van der Waals surface area contributed by atoms with E-state index in [1.807, 2.05) is 24.1 Å². The first-order valence-electron chi connectivity index (χ1n) is 8.71. The minimum Gasteiger partial charge on any atom is -0.352 e. The van der Waals surface area contributed by atoms with Crippen molar-refractivity contribution in [3.63, 3.8) is 0 Å². The molecule has 0 radical (unpaired) electrons. The second-order valence-corrected chi connectivity index (χ2v) is 7.64. The summed E-state index contributed by atoms with van der Waals surface area (Å²) in [7, 11) is 1.86. The van der Waals surface area contributed by atoms with Gasteiger partial charge in [0.15, 0.2) is 5.65 Å². The number of nitrogens with one attached hydrogen (secondary N) is 1. The van der Waals surface area contributed by atoms with E-state index in [1.54, 1.807) is 10.7 Å². The van der Waals surface area contributed by atoms with Crippen LogP contribution in [0.3, 0.4) is 0 Å². The van der Waals surface area contributed by atoms with Crippen molar-refractivity contribution >= 4 is 33.3 Å². The van der Waals surface area contributed by atoms with Gasteiger partial charge in [0.2, 0.25) is 5.91 Å². The Morgan fingerprint density at radius 1 is 1.28 bits per heavy atom. The average molecular weight is 409 g/mol. The van der Waals surface area contributed by atoms with Crippen LogP contribution in [0.2, 0.25) is 0 Å². The smallest absolute Gasteiger partial charge is 0.239 e. The number of hydrogen-bond acceptors (Lipinski definition) is 5. The summed E-state index contributed by atoms with van der Waals surface area (Å²) in [6.45, 7) is 7.31. The number of likely N-dealkylation sites (N-methyl/N-ethyl adjacent to an activating group) is 1. The van der Waals surface area contributed by atoms with Crippen LogP contribution >= 0.6 is 15.9 Å². The molecule has 2 aromatic rings. The van der Waals surface area contributed by atoms with Gasteiger partial charge in [-0.05, 0) is 47.4 Å². The van der Waals surface area contributed by atoms with Gasteiger partial charge in [-0.25, -0.2) is 9.50 Å². The molecule has 1 aliphatic rings. The molecule has 1 aliphatic heterocycles. The molecule has 25 heavy (non-hydrogen) atoms. The van der Waals surface area contributed by atoms with Crippen molar-refractivity contribution in [1.29, 1.82) is 0 Å². The Labute approximate surface area is 156 Å². The van der Waals surface area contributed by atoms with E-state index >= 15 is 0 Å². The molecule has 1 fully saturated rings. The van der Waals surface area contributed by atoms with E-state index in [2.05, 4.69) is 50.1 Å². The number of nitrogens with zero attached hydrogens (tertiary/aromatic N) is 5. The fourth-order valence-electron chi connectivity index (χ4n) is 3.19. The Hall–Kier alpha value is -1.67. The van der Waals surface area contributed by atoms with E-state index in [0.29, 0.717) is 5.92 Å². The quantitative estimate of drug-likeness (QED) is 0.816. The van der Waals surface area contributed by atoms with E-state index in [4.69, 9.17) is 0 Å². The molecule has 8 heteroatoms. The third-order valence-corrected chi connectivity index (χ3v) is 5.12. The maximum atomic E-state index is 12.7. The SMILES string of the molecule is CNC(CC(C)C)C(=O)N1CCN(c2ccc3ncc(Br)n3n2)CC1. The molecule has 3 rings (SSSR count). The zero-order valence-electron chi connectivity index (χ0n) is 14.9. The molecule has 1 amide bonds. The number of rotatable bonds is 5. The lowest BCUT2D eigenvalue weighted by Crippen LogP contribution is -2.54. The Morgan fingerprint density at radius 3 is 2.64 bits per heavy atom. The molecule has 2 aromatic heterocycles. The highest BCUT2D eigenvalue weighted by Gasteiger charge is 2.27. The van der Waals surface area contributed by atoms with Crippen LogP contribution in [0.4, 0.5) is 5.82 Å². The first-order valence-corrected chi connectivity index (χ1v) is 9.50. The lowest BCUT2D eigenvalue weighted by molar-refractivity contribution is -0.134. The highest BCUT2D eigenvalue weighted by molar-refractivity contribution is 9.10. The van der Waals surface area contributed by atoms with Crippen molar-refractivity contribution in [2.75, 3.05) is 38.1 Å². The zero-order valence-corrected chi connectivity index (χ0v) is 16.5. The van der Waals surface area contributed by atoms with Gasteiger partial charge in [0.1, 0.15) is 10.4 Å². The van der Waals surface area contributed by atoms with Gasteiger partial charge in [0.05, 0.1) is 12.2 Å². The largest absolute Gasteiger partial charge is 0.352 e. The molecule has 0 aliphatic carbocycles. The van der Waals surface area contributed by atoms with Gasteiger partial charge >= 0.3 is 0 Å². The molecular formula is C17H25BrN6O. The zero-order chi connectivity index (χ0) is 18.0. The van der Waals surface area contributed by atoms with Crippen LogP contribution in [0, 0.1) is 5.92 Å². The second-order valence-electron chi connectivity index (χ2n) is 6.83. The Kier molecular flexibility index (Phi) is 5.58. The van der Waals surface area contributed by atoms with E-state index in [9.17, 15) is 4.79 Å². The third-order valence-electron chi connectivity index (χ3n) is 4.58. The van der Waals surface area contributed by atoms with Gasteiger partial charge in [0.25, 0.3) is 0 Å². The normalized spacial score (nSPS) is 16.7. The number of halogens is 1. The van der Waals surface area contributed by atoms with Crippen molar-refractivity contribution in [3.8, 4) is 0 Å². The fraction of sp³-hybridized carbons (Fsp3) is 0.588. The first-order chi connectivity index (χ1) is 12.0. The standard InChI is InChI=1S/C17H25BrN6O/c1-12(2)10-13(19-3)17(25)23-8-6-22(7-9-23)16-5-4-15-20-11-14(18)24(15)21-16/h4-5,11-13,19H,6-10H2,1-3H3. The van der Waals surface area contributed by atoms with Crippen molar-refractivity contribution < 1.29 is 4.79 Å². The molecule has 1 saturated heterocycles. The van der Waals surface area contributed by atoms with E-state index in [-0.39, 0.29) is 11.9 Å². The molecule has 0 saturated carbocycles. The number of hydrogen-bond donors (Lipinski definition) is 1. The van der Waals surface area contributed by atoms with Crippen LogP contribution in [-0.2, 0) is 4.79 Å². The summed E-state index contributed by atoms with van der Waals surface area (Å²) in [5.74, 6) is 1.61. The third kappa shape index (κ3) is 3.95. The maximum Gasteiger partial charge on any atom is 0.239 e. The number of amides is 1.